The largest absolute Gasteiger partial charge is 0.480 e. The van der Waals surface area contributed by atoms with Gasteiger partial charge in [0.05, 0.1) is 19.4 Å². The molecule has 1 unspecified atom stereocenters. The first-order valence-electron chi connectivity index (χ1n) is 5.37. The normalized spacial score (nSPS) is 11.6. The molecule has 0 aliphatic rings. The molecule has 0 aliphatic heterocycles. The second kappa shape index (κ2) is 7.17. The number of furan rings is 1. The zero-order valence-electron chi connectivity index (χ0n) is 10.2. The molecule has 1 aromatic rings. The number of amides is 2. The minimum Gasteiger partial charge on any atom is -0.480 e. The van der Waals surface area contributed by atoms with Gasteiger partial charge in [-0.2, -0.15) is 0 Å². The third kappa shape index (κ3) is 4.80. The maximum atomic E-state index is 11.4. The van der Waals surface area contributed by atoms with E-state index >= 15 is 0 Å². The molecule has 1 heterocycles. The Morgan fingerprint density at radius 3 is 2.74 bits per heavy atom. The van der Waals surface area contributed by atoms with E-state index in [-0.39, 0.29) is 18.9 Å². The number of aliphatic carboxylic acids is 1. The maximum Gasteiger partial charge on any atom is 0.328 e. The first-order chi connectivity index (χ1) is 9.04. The summed E-state index contributed by atoms with van der Waals surface area (Å²) in [7, 11) is 1.32. The highest BCUT2D eigenvalue weighted by molar-refractivity contribution is 5.94. The molecule has 0 spiro atoms. The number of carbonyl (C=O) groups excluding carboxylic acids is 2. The SMILES string of the molecule is COCC(NC(=O)CNC(=O)c1ccco1)C(=O)O. The highest BCUT2D eigenvalue weighted by Crippen LogP contribution is 1.98. The van der Waals surface area contributed by atoms with E-state index in [2.05, 4.69) is 15.4 Å². The van der Waals surface area contributed by atoms with Crippen LogP contribution in [-0.4, -0.2) is 49.2 Å². The monoisotopic (exact) mass is 270 g/mol. The Kier molecular flexibility index (Phi) is 5.55. The topological polar surface area (TPSA) is 118 Å². The molecule has 1 rings (SSSR count). The summed E-state index contributed by atoms with van der Waals surface area (Å²) in [5.74, 6) is -2.34. The Morgan fingerprint density at radius 1 is 1.47 bits per heavy atom. The van der Waals surface area contributed by atoms with Gasteiger partial charge in [0, 0.05) is 7.11 Å². The van der Waals surface area contributed by atoms with Crippen LogP contribution in [0.2, 0.25) is 0 Å². The third-order valence-corrected chi connectivity index (χ3v) is 2.12. The summed E-state index contributed by atoms with van der Waals surface area (Å²) in [6, 6.07) is 1.82. The molecule has 8 nitrogen and oxygen atoms in total. The van der Waals surface area contributed by atoms with Gasteiger partial charge in [-0.3, -0.25) is 9.59 Å². The van der Waals surface area contributed by atoms with Crippen LogP contribution in [0, 0.1) is 0 Å². The molecule has 0 saturated carbocycles. The van der Waals surface area contributed by atoms with E-state index in [4.69, 9.17) is 9.52 Å². The summed E-state index contributed by atoms with van der Waals surface area (Å²) in [4.78, 5) is 33.6. The van der Waals surface area contributed by atoms with Crippen LogP contribution in [0.3, 0.4) is 0 Å². The van der Waals surface area contributed by atoms with Crippen molar-refractivity contribution in [3.63, 3.8) is 0 Å². The zero-order chi connectivity index (χ0) is 14.3. The summed E-state index contributed by atoms with van der Waals surface area (Å²) < 4.78 is 9.48. The first-order valence-corrected chi connectivity index (χ1v) is 5.37. The third-order valence-electron chi connectivity index (χ3n) is 2.12. The Hall–Kier alpha value is -2.35. The fourth-order valence-electron chi connectivity index (χ4n) is 1.24. The molecule has 0 fully saturated rings. The molecule has 0 saturated heterocycles. The molecule has 0 aromatic carbocycles. The molecule has 0 bridgehead atoms. The summed E-state index contributed by atoms with van der Waals surface area (Å²) in [5, 5.41) is 13.3. The lowest BCUT2D eigenvalue weighted by Crippen LogP contribution is -2.47. The second-order valence-electron chi connectivity index (χ2n) is 3.57. The number of carboxylic acids is 1. The van der Waals surface area contributed by atoms with Crippen LogP contribution < -0.4 is 10.6 Å². The van der Waals surface area contributed by atoms with Gasteiger partial charge in [-0.1, -0.05) is 0 Å². The Morgan fingerprint density at radius 2 is 2.21 bits per heavy atom. The van der Waals surface area contributed by atoms with Gasteiger partial charge in [0.1, 0.15) is 0 Å². The number of carbonyl (C=O) groups is 3. The first kappa shape index (κ1) is 14.7. The number of methoxy groups -OCH3 is 1. The van der Waals surface area contributed by atoms with E-state index in [0.29, 0.717) is 0 Å². The molecule has 0 aliphatic carbocycles. The van der Waals surface area contributed by atoms with Gasteiger partial charge in [0.2, 0.25) is 5.91 Å². The summed E-state index contributed by atoms with van der Waals surface area (Å²) in [6.07, 6.45) is 1.33. The lowest BCUT2D eigenvalue weighted by molar-refractivity contribution is -0.143. The van der Waals surface area contributed by atoms with Crippen LogP contribution in [0.4, 0.5) is 0 Å². The van der Waals surface area contributed by atoms with Crippen LogP contribution in [0.1, 0.15) is 10.6 Å². The van der Waals surface area contributed by atoms with Crippen LogP contribution in [-0.2, 0) is 14.3 Å². The highest BCUT2D eigenvalue weighted by atomic mass is 16.5. The van der Waals surface area contributed by atoms with E-state index in [1.165, 1.54) is 25.5 Å². The molecule has 2 amide bonds. The molecule has 1 atom stereocenters. The van der Waals surface area contributed by atoms with Crippen LogP contribution in [0.15, 0.2) is 22.8 Å². The second-order valence-corrected chi connectivity index (χ2v) is 3.57. The van der Waals surface area contributed by atoms with E-state index in [1.54, 1.807) is 0 Å². The quantitative estimate of drug-likeness (QED) is 0.598. The van der Waals surface area contributed by atoms with Crippen molar-refractivity contribution in [1.29, 1.82) is 0 Å². The molecule has 8 heteroatoms. The van der Waals surface area contributed by atoms with Gasteiger partial charge in [-0.05, 0) is 12.1 Å². The number of nitrogens with one attached hydrogen (secondary N) is 2. The van der Waals surface area contributed by atoms with Gasteiger partial charge < -0.3 is 24.9 Å². The standard InChI is InChI=1S/C11H14N2O6/c1-18-6-7(11(16)17)13-9(14)5-12-10(15)8-3-2-4-19-8/h2-4,7H,5-6H2,1H3,(H,12,15)(H,13,14)(H,16,17). The Labute approximate surface area is 108 Å². The van der Waals surface area contributed by atoms with Crippen molar-refractivity contribution in [3.8, 4) is 0 Å². The van der Waals surface area contributed by atoms with Crippen molar-refractivity contribution in [3.05, 3.63) is 24.2 Å². The molecule has 104 valence electrons. The number of hydrogen-bond donors (Lipinski definition) is 3. The summed E-state index contributed by atoms with van der Waals surface area (Å²) in [5.41, 5.74) is 0. The van der Waals surface area contributed by atoms with Gasteiger partial charge in [0.25, 0.3) is 5.91 Å². The average molecular weight is 270 g/mol. The van der Waals surface area contributed by atoms with Gasteiger partial charge >= 0.3 is 5.97 Å². The number of ether oxygens (including phenoxy) is 1. The number of carboxylic acid groups (broad SMARTS) is 1. The Bertz CT molecular complexity index is 442. The fourth-order valence-corrected chi connectivity index (χ4v) is 1.24. The summed E-state index contributed by atoms with van der Waals surface area (Å²) >= 11 is 0. The predicted molar refractivity (Wildman–Crippen MR) is 62.5 cm³/mol. The highest BCUT2D eigenvalue weighted by Gasteiger charge is 2.20. The van der Waals surface area contributed by atoms with Gasteiger partial charge in [0.15, 0.2) is 11.8 Å². The van der Waals surface area contributed by atoms with Crippen LogP contribution >= 0.6 is 0 Å². The smallest absolute Gasteiger partial charge is 0.328 e. The van der Waals surface area contributed by atoms with Gasteiger partial charge in [-0.15, -0.1) is 0 Å². The van der Waals surface area contributed by atoms with E-state index < -0.39 is 23.8 Å². The molecular formula is C11H14N2O6. The Balaban J connectivity index is 2.38. The predicted octanol–water partition coefficient (Wildman–Crippen LogP) is -0.775. The minimum atomic E-state index is -1.22. The molecule has 3 N–H and O–H groups in total. The zero-order valence-corrected chi connectivity index (χ0v) is 10.2. The van der Waals surface area contributed by atoms with Gasteiger partial charge in [-0.25, -0.2) is 4.79 Å². The van der Waals surface area contributed by atoms with Crippen molar-refractivity contribution >= 4 is 17.8 Å². The number of hydrogen-bond acceptors (Lipinski definition) is 5. The van der Waals surface area contributed by atoms with Crippen LogP contribution in [0.5, 0.6) is 0 Å². The van der Waals surface area contributed by atoms with Crippen molar-refractivity contribution in [2.75, 3.05) is 20.3 Å². The molecular weight excluding hydrogens is 256 g/mol. The fraction of sp³-hybridized carbons (Fsp3) is 0.364. The van der Waals surface area contributed by atoms with Crippen molar-refractivity contribution < 1.29 is 28.6 Å². The molecule has 1 aromatic heterocycles. The van der Waals surface area contributed by atoms with E-state index in [1.807, 2.05) is 0 Å². The summed E-state index contributed by atoms with van der Waals surface area (Å²) in [6.45, 7) is -0.514. The van der Waals surface area contributed by atoms with E-state index in [9.17, 15) is 14.4 Å². The lowest BCUT2D eigenvalue weighted by atomic mass is 10.3. The molecule has 19 heavy (non-hydrogen) atoms. The van der Waals surface area contributed by atoms with Crippen molar-refractivity contribution in [2.45, 2.75) is 6.04 Å². The lowest BCUT2D eigenvalue weighted by Gasteiger charge is -2.13. The van der Waals surface area contributed by atoms with Crippen molar-refractivity contribution in [2.24, 2.45) is 0 Å². The number of rotatable bonds is 7. The minimum absolute atomic E-state index is 0.0690. The van der Waals surface area contributed by atoms with Crippen LogP contribution in [0.25, 0.3) is 0 Å². The average Bonchev–Trinajstić information content (AvgIpc) is 2.89. The molecule has 0 radical (unpaired) electrons. The van der Waals surface area contributed by atoms with E-state index in [0.717, 1.165) is 0 Å². The van der Waals surface area contributed by atoms with Crippen molar-refractivity contribution in [1.82, 2.24) is 10.6 Å². The maximum absolute atomic E-state index is 11.4.